The zero-order valence-corrected chi connectivity index (χ0v) is 17.9. The Hall–Kier alpha value is -3.42. The summed E-state index contributed by atoms with van der Waals surface area (Å²) in [4.78, 5) is 24.8. The van der Waals surface area contributed by atoms with Crippen LogP contribution in [0.15, 0.2) is 36.4 Å². The third kappa shape index (κ3) is 4.94. The molecule has 2 amide bonds. The molecule has 0 aliphatic carbocycles. The number of nitrogens with one attached hydrogen (secondary N) is 2. The minimum Gasteiger partial charge on any atom is -0.346 e. The average Bonchev–Trinajstić information content (AvgIpc) is 3.24. The van der Waals surface area contributed by atoms with E-state index in [1.54, 1.807) is 13.1 Å². The molecule has 0 saturated heterocycles. The largest absolute Gasteiger partial charge is 0.346 e. The van der Waals surface area contributed by atoms with Crippen molar-refractivity contribution in [1.29, 1.82) is 0 Å². The molecular formula is C22H28N6O2. The van der Waals surface area contributed by atoms with Gasteiger partial charge >= 0.3 is 0 Å². The molecule has 8 heteroatoms. The van der Waals surface area contributed by atoms with Crippen molar-refractivity contribution in [1.82, 2.24) is 24.9 Å². The molecule has 0 radical (unpaired) electrons. The van der Waals surface area contributed by atoms with Crippen LogP contribution in [0.5, 0.6) is 0 Å². The van der Waals surface area contributed by atoms with Gasteiger partial charge in [-0.3, -0.25) is 19.0 Å². The van der Waals surface area contributed by atoms with Gasteiger partial charge in [-0.2, -0.15) is 10.2 Å². The van der Waals surface area contributed by atoms with E-state index >= 15 is 0 Å². The zero-order valence-electron chi connectivity index (χ0n) is 17.9. The Bertz CT molecular complexity index is 1040. The highest BCUT2D eigenvalue weighted by Gasteiger charge is 2.16. The van der Waals surface area contributed by atoms with Gasteiger partial charge in [-0.1, -0.05) is 30.3 Å². The third-order valence-electron chi connectivity index (χ3n) is 5.12. The number of rotatable bonds is 8. The second-order valence-electron chi connectivity index (χ2n) is 7.22. The molecule has 0 aliphatic rings. The summed E-state index contributed by atoms with van der Waals surface area (Å²) in [5.74, 6) is 0.0786. The lowest BCUT2D eigenvalue weighted by atomic mass is 10.1. The summed E-state index contributed by atoms with van der Waals surface area (Å²) in [5.41, 5.74) is 4.32. The van der Waals surface area contributed by atoms with Crippen LogP contribution in [-0.4, -0.2) is 31.4 Å². The molecule has 0 aliphatic heterocycles. The molecule has 0 atom stereocenters. The Morgan fingerprint density at radius 2 is 1.83 bits per heavy atom. The van der Waals surface area contributed by atoms with E-state index in [9.17, 15) is 9.59 Å². The maximum absolute atomic E-state index is 12.6. The fourth-order valence-corrected chi connectivity index (χ4v) is 3.36. The van der Waals surface area contributed by atoms with Gasteiger partial charge in [0.2, 0.25) is 5.91 Å². The van der Waals surface area contributed by atoms with Crippen molar-refractivity contribution < 1.29 is 9.59 Å². The smallest absolute Gasteiger partial charge is 0.272 e. The van der Waals surface area contributed by atoms with E-state index in [0.29, 0.717) is 25.2 Å². The predicted molar refractivity (Wildman–Crippen MR) is 115 cm³/mol. The monoisotopic (exact) mass is 408 g/mol. The maximum atomic E-state index is 12.6. The SMILES string of the molecule is CCn1nc(C)c(CNC(=O)c2cc(NC(=O)CCc3ccccc3)n(C)n2)c1C. The molecule has 0 spiro atoms. The van der Waals surface area contributed by atoms with Crippen molar-refractivity contribution in [2.45, 2.75) is 46.7 Å². The molecule has 8 nitrogen and oxygen atoms in total. The fourth-order valence-electron chi connectivity index (χ4n) is 3.36. The predicted octanol–water partition coefficient (Wildman–Crippen LogP) is 2.75. The number of hydrogen-bond donors (Lipinski definition) is 2. The summed E-state index contributed by atoms with van der Waals surface area (Å²) in [6.45, 7) is 7.13. The van der Waals surface area contributed by atoms with Crippen molar-refractivity contribution in [2.75, 3.05) is 5.32 Å². The quantitative estimate of drug-likeness (QED) is 0.599. The molecule has 2 N–H and O–H groups in total. The first kappa shape index (κ1) is 21.3. The molecule has 3 aromatic rings. The van der Waals surface area contributed by atoms with E-state index in [0.717, 1.165) is 29.1 Å². The Morgan fingerprint density at radius 3 is 2.50 bits per heavy atom. The highest BCUT2D eigenvalue weighted by molar-refractivity contribution is 5.95. The van der Waals surface area contributed by atoms with Crippen LogP contribution in [0.25, 0.3) is 0 Å². The van der Waals surface area contributed by atoms with Crippen LogP contribution in [0.2, 0.25) is 0 Å². The Kier molecular flexibility index (Phi) is 6.66. The lowest BCUT2D eigenvalue weighted by Gasteiger charge is -2.05. The minimum atomic E-state index is -0.293. The van der Waals surface area contributed by atoms with Gasteiger partial charge in [-0.15, -0.1) is 0 Å². The molecule has 2 heterocycles. The Balaban J connectivity index is 1.57. The van der Waals surface area contributed by atoms with Crippen LogP contribution in [0.1, 0.15) is 46.3 Å². The van der Waals surface area contributed by atoms with Crippen LogP contribution in [0, 0.1) is 13.8 Å². The number of carbonyl (C=O) groups excluding carboxylic acids is 2. The first-order valence-corrected chi connectivity index (χ1v) is 10.1. The number of amides is 2. The van der Waals surface area contributed by atoms with Crippen molar-refractivity contribution in [3.8, 4) is 0 Å². The second kappa shape index (κ2) is 9.39. The van der Waals surface area contributed by atoms with Crippen LogP contribution in [0.4, 0.5) is 5.82 Å². The number of benzene rings is 1. The summed E-state index contributed by atoms with van der Waals surface area (Å²) >= 11 is 0. The topological polar surface area (TPSA) is 93.8 Å². The number of hydrogen-bond acceptors (Lipinski definition) is 4. The average molecular weight is 409 g/mol. The van der Waals surface area contributed by atoms with Crippen molar-refractivity contribution >= 4 is 17.6 Å². The van der Waals surface area contributed by atoms with Gasteiger partial charge in [-0.25, -0.2) is 0 Å². The highest BCUT2D eigenvalue weighted by Crippen LogP contribution is 2.14. The maximum Gasteiger partial charge on any atom is 0.272 e. The molecule has 3 rings (SSSR count). The van der Waals surface area contributed by atoms with Gasteiger partial charge in [0.1, 0.15) is 5.82 Å². The summed E-state index contributed by atoms with van der Waals surface area (Å²) in [6.07, 6.45) is 1.01. The van der Waals surface area contributed by atoms with Crippen LogP contribution >= 0.6 is 0 Å². The van der Waals surface area contributed by atoms with Gasteiger partial charge in [0.25, 0.3) is 5.91 Å². The van der Waals surface area contributed by atoms with Gasteiger partial charge in [0.05, 0.1) is 5.69 Å². The van der Waals surface area contributed by atoms with E-state index in [1.807, 2.05) is 55.8 Å². The summed E-state index contributed by atoms with van der Waals surface area (Å²) in [6, 6.07) is 11.4. The molecule has 0 unspecified atom stereocenters. The van der Waals surface area contributed by atoms with Gasteiger partial charge in [-0.05, 0) is 32.8 Å². The van der Waals surface area contributed by atoms with Crippen molar-refractivity contribution in [3.63, 3.8) is 0 Å². The first-order valence-electron chi connectivity index (χ1n) is 10.1. The Morgan fingerprint density at radius 1 is 1.10 bits per heavy atom. The molecule has 0 fully saturated rings. The van der Waals surface area contributed by atoms with E-state index in [1.165, 1.54) is 4.68 Å². The summed E-state index contributed by atoms with van der Waals surface area (Å²) < 4.78 is 3.42. The lowest BCUT2D eigenvalue weighted by Crippen LogP contribution is -2.24. The van der Waals surface area contributed by atoms with Crippen molar-refractivity contribution in [2.24, 2.45) is 7.05 Å². The molecular weight excluding hydrogens is 380 g/mol. The van der Waals surface area contributed by atoms with Crippen LogP contribution in [-0.2, 0) is 31.4 Å². The minimum absolute atomic E-state index is 0.118. The number of aryl methyl sites for hydroxylation is 4. The second-order valence-corrected chi connectivity index (χ2v) is 7.22. The number of nitrogens with zero attached hydrogens (tertiary/aromatic N) is 4. The molecule has 0 bridgehead atoms. The van der Waals surface area contributed by atoms with Gasteiger partial charge in [0, 0.05) is 43.9 Å². The number of aromatic nitrogens is 4. The number of carbonyl (C=O) groups is 2. The van der Waals surface area contributed by atoms with Crippen LogP contribution in [0.3, 0.4) is 0 Å². The third-order valence-corrected chi connectivity index (χ3v) is 5.12. The summed E-state index contributed by atoms with van der Waals surface area (Å²) in [5, 5.41) is 14.4. The van der Waals surface area contributed by atoms with E-state index in [4.69, 9.17) is 0 Å². The molecule has 0 saturated carbocycles. The van der Waals surface area contributed by atoms with E-state index < -0.39 is 0 Å². The van der Waals surface area contributed by atoms with Crippen LogP contribution < -0.4 is 10.6 Å². The number of anilines is 1. The molecule has 2 aromatic heterocycles. The lowest BCUT2D eigenvalue weighted by molar-refractivity contribution is -0.116. The van der Waals surface area contributed by atoms with E-state index in [2.05, 4.69) is 20.8 Å². The molecule has 158 valence electrons. The van der Waals surface area contributed by atoms with E-state index in [-0.39, 0.29) is 17.5 Å². The zero-order chi connectivity index (χ0) is 21.7. The Labute approximate surface area is 176 Å². The summed E-state index contributed by atoms with van der Waals surface area (Å²) in [7, 11) is 1.70. The molecule has 1 aromatic carbocycles. The van der Waals surface area contributed by atoms with Gasteiger partial charge < -0.3 is 10.6 Å². The normalized spacial score (nSPS) is 10.8. The highest BCUT2D eigenvalue weighted by atomic mass is 16.2. The van der Waals surface area contributed by atoms with Crippen molar-refractivity contribution in [3.05, 3.63) is 64.6 Å². The standard InChI is InChI=1S/C22H28N6O2/c1-5-28-16(3)18(15(2)25-28)14-23-22(30)19-13-20(27(4)26-19)24-21(29)12-11-17-9-7-6-8-10-17/h6-10,13H,5,11-12,14H2,1-4H3,(H,23,30)(H,24,29). The first-order chi connectivity index (χ1) is 14.4. The fraction of sp³-hybridized carbons (Fsp3) is 0.364. The molecule has 30 heavy (non-hydrogen) atoms. The van der Waals surface area contributed by atoms with Gasteiger partial charge in [0.15, 0.2) is 5.69 Å².